The van der Waals surface area contributed by atoms with Crippen molar-refractivity contribution in [1.82, 2.24) is 19.9 Å². The van der Waals surface area contributed by atoms with E-state index in [0.29, 0.717) is 12.3 Å². The quantitative estimate of drug-likeness (QED) is 0.923. The standard InChI is InChI=1S/C17H23N5O/c1-3-14(23)22-8-5-12(2)17(22)6-9-21(10-17)16-13-4-7-18-15(13)19-11-20-16/h4,7,11-12H,3,5-6,8-10H2,1-2H3,(H,18,19,20). The fourth-order valence-corrected chi connectivity index (χ4v) is 4.38. The predicted molar refractivity (Wildman–Crippen MR) is 89.2 cm³/mol. The zero-order valence-electron chi connectivity index (χ0n) is 13.7. The average molecular weight is 313 g/mol. The number of H-pyrrole nitrogens is 1. The van der Waals surface area contributed by atoms with E-state index in [1.807, 2.05) is 19.2 Å². The molecule has 2 saturated heterocycles. The Hall–Kier alpha value is -2.11. The van der Waals surface area contributed by atoms with Crippen LogP contribution in [0.2, 0.25) is 0 Å². The van der Waals surface area contributed by atoms with Crippen LogP contribution in [-0.4, -0.2) is 50.9 Å². The van der Waals surface area contributed by atoms with Gasteiger partial charge in [0.1, 0.15) is 17.8 Å². The van der Waals surface area contributed by atoms with Crippen molar-refractivity contribution in [3.63, 3.8) is 0 Å². The molecule has 6 nitrogen and oxygen atoms in total. The molecular weight excluding hydrogens is 290 g/mol. The van der Waals surface area contributed by atoms with Gasteiger partial charge in [0.15, 0.2) is 0 Å². The number of carbonyl (C=O) groups excluding carboxylic acids is 1. The van der Waals surface area contributed by atoms with E-state index >= 15 is 0 Å². The topological polar surface area (TPSA) is 65.1 Å². The molecule has 4 heterocycles. The van der Waals surface area contributed by atoms with Gasteiger partial charge in [-0.1, -0.05) is 13.8 Å². The summed E-state index contributed by atoms with van der Waals surface area (Å²) >= 11 is 0. The smallest absolute Gasteiger partial charge is 0.222 e. The van der Waals surface area contributed by atoms with Gasteiger partial charge in [-0.2, -0.15) is 0 Å². The first-order valence-electron chi connectivity index (χ1n) is 8.49. The summed E-state index contributed by atoms with van der Waals surface area (Å²) in [5, 5.41) is 1.06. The Bertz CT molecular complexity index is 741. The molecule has 1 N–H and O–H groups in total. The van der Waals surface area contributed by atoms with Gasteiger partial charge in [-0.05, 0) is 24.8 Å². The van der Waals surface area contributed by atoms with Crippen LogP contribution in [0.15, 0.2) is 18.6 Å². The number of carbonyl (C=O) groups is 1. The molecule has 2 aromatic heterocycles. The van der Waals surface area contributed by atoms with Gasteiger partial charge in [0, 0.05) is 32.3 Å². The molecule has 1 amide bonds. The van der Waals surface area contributed by atoms with E-state index in [0.717, 1.165) is 49.3 Å². The van der Waals surface area contributed by atoms with Gasteiger partial charge in [-0.15, -0.1) is 0 Å². The molecule has 6 heteroatoms. The van der Waals surface area contributed by atoms with Crippen LogP contribution < -0.4 is 4.90 Å². The molecule has 1 spiro atoms. The van der Waals surface area contributed by atoms with Crippen LogP contribution in [0.25, 0.3) is 11.0 Å². The molecule has 23 heavy (non-hydrogen) atoms. The van der Waals surface area contributed by atoms with Crippen molar-refractivity contribution in [1.29, 1.82) is 0 Å². The summed E-state index contributed by atoms with van der Waals surface area (Å²) in [5.74, 6) is 1.80. The summed E-state index contributed by atoms with van der Waals surface area (Å²) in [7, 11) is 0. The Labute approximate surface area is 135 Å². The number of amides is 1. The lowest BCUT2D eigenvalue weighted by atomic mass is 9.85. The number of anilines is 1. The first kappa shape index (κ1) is 14.5. The Morgan fingerprint density at radius 3 is 3.13 bits per heavy atom. The highest BCUT2D eigenvalue weighted by Gasteiger charge is 2.52. The molecule has 0 bridgehead atoms. The number of nitrogens with zero attached hydrogens (tertiary/aromatic N) is 4. The van der Waals surface area contributed by atoms with Crippen molar-refractivity contribution in [2.45, 2.75) is 38.6 Å². The number of rotatable bonds is 2. The minimum atomic E-state index is -0.0271. The minimum Gasteiger partial charge on any atom is -0.353 e. The number of fused-ring (bicyclic) bond motifs is 1. The number of likely N-dealkylation sites (tertiary alicyclic amines) is 1. The van der Waals surface area contributed by atoms with Crippen molar-refractivity contribution in [2.24, 2.45) is 5.92 Å². The second kappa shape index (κ2) is 5.22. The Balaban J connectivity index is 1.68. The normalized spacial score (nSPS) is 27.5. The maximum Gasteiger partial charge on any atom is 0.222 e. The van der Waals surface area contributed by atoms with E-state index in [9.17, 15) is 4.79 Å². The summed E-state index contributed by atoms with van der Waals surface area (Å²) in [6.45, 7) is 6.95. The van der Waals surface area contributed by atoms with Gasteiger partial charge in [-0.3, -0.25) is 4.79 Å². The molecule has 2 aliphatic rings. The molecule has 2 aromatic rings. The number of aromatic amines is 1. The van der Waals surface area contributed by atoms with Crippen molar-refractivity contribution in [2.75, 3.05) is 24.5 Å². The van der Waals surface area contributed by atoms with Gasteiger partial charge in [0.25, 0.3) is 0 Å². The highest BCUT2D eigenvalue weighted by molar-refractivity contribution is 5.87. The Morgan fingerprint density at radius 2 is 2.30 bits per heavy atom. The zero-order valence-corrected chi connectivity index (χ0v) is 13.7. The van der Waals surface area contributed by atoms with Gasteiger partial charge in [0.05, 0.1) is 10.9 Å². The first-order chi connectivity index (χ1) is 11.2. The van der Waals surface area contributed by atoms with Crippen LogP contribution in [-0.2, 0) is 4.79 Å². The molecule has 2 fully saturated rings. The van der Waals surface area contributed by atoms with Crippen LogP contribution in [0.3, 0.4) is 0 Å². The Kier molecular flexibility index (Phi) is 3.28. The monoisotopic (exact) mass is 313 g/mol. The van der Waals surface area contributed by atoms with E-state index in [4.69, 9.17) is 0 Å². The van der Waals surface area contributed by atoms with Crippen LogP contribution in [0.4, 0.5) is 5.82 Å². The lowest BCUT2D eigenvalue weighted by molar-refractivity contribution is -0.135. The molecule has 2 unspecified atom stereocenters. The Morgan fingerprint density at radius 1 is 1.43 bits per heavy atom. The summed E-state index contributed by atoms with van der Waals surface area (Å²) in [4.78, 5) is 28.8. The SMILES string of the molecule is CCC(=O)N1CCC(C)C12CCN(c1ncnc3[nH]ccc13)C2. The van der Waals surface area contributed by atoms with Crippen LogP contribution in [0.1, 0.15) is 33.1 Å². The van der Waals surface area contributed by atoms with E-state index in [1.165, 1.54) is 0 Å². The van der Waals surface area contributed by atoms with Crippen molar-refractivity contribution in [3.8, 4) is 0 Å². The lowest BCUT2D eigenvalue weighted by Gasteiger charge is -2.38. The largest absolute Gasteiger partial charge is 0.353 e. The third kappa shape index (κ3) is 2.04. The second-order valence-electron chi connectivity index (χ2n) is 6.80. The van der Waals surface area contributed by atoms with Gasteiger partial charge < -0.3 is 14.8 Å². The number of nitrogens with one attached hydrogen (secondary N) is 1. The van der Waals surface area contributed by atoms with Gasteiger partial charge in [0.2, 0.25) is 5.91 Å². The molecule has 0 saturated carbocycles. The average Bonchev–Trinajstić information content (AvgIpc) is 3.28. The molecule has 0 aliphatic carbocycles. The second-order valence-corrected chi connectivity index (χ2v) is 6.80. The maximum absolute atomic E-state index is 12.4. The first-order valence-corrected chi connectivity index (χ1v) is 8.49. The summed E-state index contributed by atoms with van der Waals surface area (Å²) in [5.41, 5.74) is 0.845. The number of hydrogen-bond donors (Lipinski definition) is 1. The highest BCUT2D eigenvalue weighted by atomic mass is 16.2. The fraction of sp³-hybridized carbons (Fsp3) is 0.588. The highest BCUT2D eigenvalue weighted by Crippen LogP contribution is 2.43. The van der Waals surface area contributed by atoms with E-state index in [-0.39, 0.29) is 11.4 Å². The van der Waals surface area contributed by atoms with Crippen LogP contribution in [0, 0.1) is 5.92 Å². The molecule has 2 aliphatic heterocycles. The molecule has 122 valence electrons. The van der Waals surface area contributed by atoms with E-state index in [2.05, 4.69) is 31.7 Å². The van der Waals surface area contributed by atoms with Crippen molar-refractivity contribution in [3.05, 3.63) is 18.6 Å². The van der Waals surface area contributed by atoms with E-state index < -0.39 is 0 Å². The third-order valence-electron chi connectivity index (χ3n) is 5.76. The summed E-state index contributed by atoms with van der Waals surface area (Å²) in [6.07, 6.45) is 6.23. The third-order valence-corrected chi connectivity index (χ3v) is 5.76. The molecular formula is C17H23N5O. The summed E-state index contributed by atoms with van der Waals surface area (Å²) in [6, 6.07) is 2.03. The van der Waals surface area contributed by atoms with Gasteiger partial charge in [-0.25, -0.2) is 9.97 Å². The fourth-order valence-electron chi connectivity index (χ4n) is 4.38. The zero-order chi connectivity index (χ0) is 16.0. The summed E-state index contributed by atoms with van der Waals surface area (Å²) < 4.78 is 0. The van der Waals surface area contributed by atoms with Crippen molar-refractivity contribution >= 4 is 22.8 Å². The van der Waals surface area contributed by atoms with Crippen LogP contribution in [0.5, 0.6) is 0 Å². The molecule has 0 radical (unpaired) electrons. The predicted octanol–water partition coefficient (Wildman–Crippen LogP) is 2.19. The molecule has 2 atom stereocenters. The number of aromatic nitrogens is 3. The van der Waals surface area contributed by atoms with Gasteiger partial charge >= 0.3 is 0 Å². The minimum absolute atomic E-state index is 0.0271. The maximum atomic E-state index is 12.4. The molecule has 4 rings (SSSR count). The van der Waals surface area contributed by atoms with Crippen molar-refractivity contribution < 1.29 is 4.79 Å². The number of hydrogen-bond acceptors (Lipinski definition) is 4. The lowest BCUT2D eigenvalue weighted by Crippen LogP contribution is -2.52. The molecule has 0 aromatic carbocycles. The van der Waals surface area contributed by atoms with E-state index in [1.54, 1.807) is 6.33 Å². The van der Waals surface area contributed by atoms with Crippen LogP contribution >= 0.6 is 0 Å².